The molecule has 168 valence electrons. The summed E-state index contributed by atoms with van der Waals surface area (Å²) < 4.78 is 11.0. The highest BCUT2D eigenvalue weighted by molar-refractivity contribution is 7.17. The molecular weight excluding hydrogens is 454 g/mol. The Balaban J connectivity index is 1.27. The molecule has 0 aliphatic carbocycles. The maximum Gasteiger partial charge on any atom is 0.281 e. The number of carbonyl (C=O) groups excluding carboxylic acids is 2. The molecule has 1 aromatic carbocycles. The highest BCUT2D eigenvalue weighted by Crippen LogP contribution is 2.28. The highest BCUT2D eigenvalue weighted by atomic mass is 35.5. The second-order valence-electron chi connectivity index (χ2n) is 7.11. The lowest BCUT2D eigenvalue weighted by Gasteiger charge is -2.25. The van der Waals surface area contributed by atoms with Crippen molar-refractivity contribution in [3.63, 3.8) is 0 Å². The first-order chi connectivity index (χ1) is 15.5. The van der Waals surface area contributed by atoms with Gasteiger partial charge in [0.05, 0.1) is 30.1 Å². The summed E-state index contributed by atoms with van der Waals surface area (Å²) in [5.41, 5.74) is 6.24. The fourth-order valence-corrected chi connectivity index (χ4v) is 4.40. The Kier molecular flexibility index (Phi) is 7.03. The lowest BCUT2D eigenvalue weighted by Crippen LogP contribution is -2.41. The summed E-state index contributed by atoms with van der Waals surface area (Å²) in [4.78, 5) is 35.9. The number of hydrogen-bond acceptors (Lipinski definition) is 8. The van der Waals surface area contributed by atoms with Crippen LogP contribution in [0.4, 0.5) is 5.13 Å². The first-order valence-electron chi connectivity index (χ1n) is 10.1. The van der Waals surface area contributed by atoms with E-state index in [2.05, 4.69) is 25.7 Å². The Hall–Kier alpha value is -2.95. The van der Waals surface area contributed by atoms with Crippen LogP contribution in [0.15, 0.2) is 34.9 Å². The molecule has 2 aromatic heterocycles. The number of aromatic nitrogens is 2. The van der Waals surface area contributed by atoms with Crippen molar-refractivity contribution in [3.8, 4) is 11.3 Å². The van der Waals surface area contributed by atoms with Gasteiger partial charge in [-0.15, -0.1) is 0 Å². The van der Waals surface area contributed by atoms with Crippen molar-refractivity contribution in [2.24, 2.45) is 0 Å². The van der Waals surface area contributed by atoms with E-state index in [1.54, 1.807) is 19.2 Å². The zero-order valence-corrected chi connectivity index (χ0v) is 19.0. The molecule has 2 N–H and O–H groups in total. The molecule has 2 amide bonds. The van der Waals surface area contributed by atoms with Crippen LogP contribution in [0.5, 0.6) is 0 Å². The van der Waals surface area contributed by atoms with Gasteiger partial charge in [-0.1, -0.05) is 35.1 Å². The number of rotatable bonds is 6. The van der Waals surface area contributed by atoms with Gasteiger partial charge in [-0.05, 0) is 19.1 Å². The molecule has 1 aliphatic heterocycles. The Bertz CT molecular complexity index is 1110. The van der Waals surface area contributed by atoms with Gasteiger partial charge in [0.15, 0.2) is 16.8 Å². The van der Waals surface area contributed by atoms with Gasteiger partial charge in [0, 0.05) is 31.5 Å². The lowest BCUT2D eigenvalue weighted by atomic mass is 10.2. The van der Waals surface area contributed by atoms with Gasteiger partial charge in [-0.3, -0.25) is 20.4 Å². The number of hydrazine groups is 1. The first kappa shape index (κ1) is 22.3. The molecule has 11 heteroatoms. The third-order valence-electron chi connectivity index (χ3n) is 4.85. The molecule has 0 saturated carbocycles. The quantitative estimate of drug-likeness (QED) is 0.527. The molecular formula is C21H22ClN5O4S. The summed E-state index contributed by atoms with van der Waals surface area (Å²) in [6.45, 7) is 4.53. The van der Waals surface area contributed by atoms with Crippen molar-refractivity contribution in [1.82, 2.24) is 20.8 Å². The normalized spacial score (nSPS) is 13.8. The number of carbonyl (C=O) groups is 2. The third-order valence-corrected chi connectivity index (χ3v) is 6.39. The molecule has 0 atom stereocenters. The van der Waals surface area contributed by atoms with E-state index < -0.39 is 5.91 Å². The SMILES string of the molecule is Cc1nc(N2CCOCC2)sc1C(=O)NNC(=O)CCc1ncc(-c2ccccc2Cl)o1. The maximum absolute atomic E-state index is 12.5. The summed E-state index contributed by atoms with van der Waals surface area (Å²) >= 11 is 7.47. The zero-order chi connectivity index (χ0) is 22.5. The van der Waals surface area contributed by atoms with Crippen LogP contribution in [0.3, 0.4) is 0 Å². The van der Waals surface area contributed by atoms with E-state index >= 15 is 0 Å². The number of thiazole rings is 1. The minimum atomic E-state index is -0.398. The number of nitrogens with one attached hydrogen (secondary N) is 2. The highest BCUT2D eigenvalue weighted by Gasteiger charge is 2.21. The summed E-state index contributed by atoms with van der Waals surface area (Å²) in [6, 6.07) is 7.29. The van der Waals surface area contributed by atoms with E-state index in [0.29, 0.717) is 40.5 Å². The fourth-order valence-electron chi connectivity index (χ4n) is 3.16. The van der Waals surface area contributed by atoms with Crippen LogP contribution in [0.2, 0.25) is 5.02 Å². The van der Waals surface area contributed by atoms with Crippen molar-refractivity contribution in [3.05, 3.63) is 51.9 Å². The van der Waals surface area contributed by atoms with Crippen molar-refractivity contribution in [2.45, 2.75) is 19.8 Å². The van der Waals surface area contributed by atoms with Crippen LogP contribution in [0.1, 0.15) is 27.7 Å². The largest absolute Gasteiger partial charge is 0.441 e. The predicted octanol–water partition coefficient (Wildman–Crippen LogP) is 2.99. The van der Waals surface area contributed by atoms with Gasteiger partial charge in [0.25, 0.3) is 5.91 Å². The van der Waals surface area contributed by atoms with Crippen LogP contribution >= 0.6 is 22.9 Å². The number of ether oxygens (including phenoxy) is 1. The zero-order valence-electron chi connectivity index (χ0n) is 17.4. The van der Waals surface area contributed by atoms with E-state index in [-0.39, 0.29) is 18.7 Å². The number of benzene rings is 1. The topological polar surface area (TPSA) is 110 Å². The van der Waals surface area contributed by atoms with Gasteiger partial charge < -0.3 is 14.1 Å². The smallest absolute Gasteiger partial charge is 0.281 e. The molecule has 4 rings (SSSR count). The van der Waals surface area contributed by atoms with E-state index in [9.17, 15) is 9.59 Å². The molecule has 1 saturated heterocycles. The molecule has 0 unspecified atom stereocenters. The summed E-state index contributed by atoms with van der Waals surface area (Å²) in [5, 5.41) is 1.34. The average Bonchev–Trinajstić information content (AvgIpc) is 3.44. The monoisotopic (exact) mass is 475 g/mol. The van der Waals surface area contributed by atoms with Crippen LogP contribution < -0.4 is 15.8 Å². The minimum Gasteiger partial charge on any atom is -0.441 e. The number of aryl methyl sites for hydroxylation is 2. The number of nitrogens with zero attached hydrogens (tertiary/aromatic N) is 3. The van der Waals surface area contributed by atoms with Gasteiger partial charge in [0.1, 0.15) is 4.88 Å². The summed E-state index contributed by atoms with van der Waals surface area (Å²) in [7, 11) is 0. The van der Waals surface area contributed by atoms with Crippen LogP contribution in [0, 0.1) is 6.92 Å². The van der Waals surface area contributed by atoms with E-state index in [4.69, 9.17) is 20.8 Å². The van der Waals surface area contributed by atoms with Crippen molar-refractivity contribution in [1.29, 1.82) is 0 Å². The average molecular weight is 476 g/mol. The number of oxazole rings is 1. The predicted molar refractivity (Wildman–Crippen MR) is 121 cm³/mol. The molecule has 0 bridgehead atoms. The van der Waals surface area contributed by atoms with Crippen molar-refractivity contribution >= 4 is 39.9 Å². The maximum atomic E-state index is 12.5. The molecule has 0 spiro atoms. The Morgan fingerprint density at radius 3 is 2.78 bits per heavy atom. The molecule has 0 radical (unpaired) electrons. The van der Waals surface area contributed by atoms with Crippen molar-refractivity contribution < 1.29 is 18.7 Å². The number of hydrogen-bond donors (Lipinski definition) is 2. The number of anilines is 1. The minimum absolute atomic E-state index is 0.101. The van der Waals surface area contributed by atoms with Crippen LogP contribution in [0.25, 0.3) is 11.3 Å². The Morgan fingerprint density at radius 1 is 1.22 bits per heavy atom. The van der Waals surface area contributed by atoms with E-state index in [1.807, 2.05) is 18.2 Å². The summed E-state index contributed by atoms with van der Waals surface area (Å²) in [5.74, 6) is 0.197. The molecule has 9 nitrogen and oxygen atoms in total. The van der Waals surface area contributed by atoms with Gasteiger partial charge in [0.2, 0.25) is 5.91 Å². The molecule has 32 heavy (non-hydrogen) atoms. The van der Waals surface area contributed by atoms with Crippen molar-refractivity contribution in [2.75, 3.05) is 31.2 Å². The summed E-state index contributed by atoms with van der Waals surface area (Å²) in [6.07, 6.45) is 1.96. The van der Waals surface area contributed by atoms with E-state index in [1.165, 1.54) is 11.3 Å². The Labute approximate surface area is 193 Å². The Morgan fingerprint density at radius 2 is 2.00 bits per heavy atom. The second kappa shape index (κ2) is 10.1. The van der Waals surface area contributed by atoms with Crippen LogP contribution in [-0.4, -0.2) is 48.1 Å². The second-order valence-corrected chi connectivity index (χ2v) is 8.50. The standard InChI is InChI=1S/C21H22ClN5O4S/c1-13-19(32-21(24-13)27-8-10-30-11-9-27)20(29)26-25-17(28)6-7-18-23-12-16(31-18)14-4-2-3-5-15(14)22/h2-5,12H,6-11H2,1H3,(H,25,28)(H,26,29). The molecule has 1 aliphatic rings. The van der Waals surface area contributed by atoms with Crippen LogP contribution in [-0.2, 0) is 16.0 Å². The van der Waals surface area contributed by atoms with Gasteiger partial charge in [-0.25, -0.2) is 9.97 Å². The van der Waals surface area contributed by atoms with E-state index in [0.717, 1.165) is 23.8 Å². The third kappa shape index (κ3) is 5.26. The van der Waals surface area contributed by atoms with Gasteiger partial charge in [-0.2, -0.15) is 0 Å². The molecule has 3 aromatic rings. The van der Waals surface area contributed by atoms with Gasteiger partial charge >= 0.3 is 0 Å². The lowest BCUT2D eigenvalue weighted by molar-refractivity contribution is -0.121. The first-order valence-corrected chi connectivity index (χ1v) is 11.3. The number of halogens is 1. The number of amides is 2. The number of morpholine rings is 1. The molecule has 1 fully saturated rings. The fraction of sp³-hybridized carbons (Fsp3) is 0.333. The molecule has 3 heterocycles.